The van der Waals surface area contributed by atoms with Gasteiger partial charge in [0.15, 0.2) is 0 Å². The van der Waals surface area contributed by atoms with E-state index in [0.717, 1.165) is 26.7 Å². The number of sulfonamides is 1. The fraction of sp³-hybridized carbons (Fsp3) is 0.188. The molecule has 0 heterocycles. The van der Waals surface area contributed by atoms with Crippen LogP contribution in [0.2, 0.25) is 0 Å². The Balaban J connectivity index is 2.08. The van der Waals surface area contributed by atoms with E-state index in [1.807, 2.05) is 0 Å². The van der Waals surface area contributed by atoms with Crippen LogP contribution in [0.5, 0.6) is 0 Å². The normalized spacial score (nSPS) is 11.5. The zero-order valence-electron chi connectivity index (χ0n) is 12.9. The Morgan fingerprint density at radius 1 is 1.21 bits per heavy atom. The number of nitrogens with one attached hydrogen (secondary N) is 1. The van der Waals surface area contributed by atoms with Crippen LogP contribution in [0.4, 0.5) is 10.1 Å². The highest BCUT2D eigenvalue weighted by Gasteiger charge is 2.20. The first-order chi connectivity index (χ1) is 11.2. The third-order valence-electron chi connectivity index (χ3n) is 3.17. The van der Waals surface area contributed by atoms with Crippen LogP contribution in [0.25, 0.3) is 0 Å². The third kappa shape index (κ3) is 5.70. The summed E-state index contributed by atoms with van der Waals surface area (Å²) in [5.74, 6) is -1.02. The van der Waals surface area contributed by atoms with Gasteiger partial charge in [0.05, 0.1) is 12.8 Å². The second-order valence-corrected chi connectivity index (χ2v) is 8.11. The van der Waals surface area contributed by atoms with Gasteiger partial charge in [0.1, 0.15) is 5.82 Å². The number of halogens is 2. The lowest BCUT2D eigenvalue weighted by molar-refractivity contribution is -0.116. The fourth-order valence-corrected chi connectivity index (χ4v) is 3.01. The van der Waals surface area contributed by atoms with Gasteiger partial charge in [-0.05, 0) is 35.9 Å². The van der Waals surface area contributed by atoms with Crippen LogP contribution >= 0.6 is 15.9 Å². The molecule has 1 N–H and O–H groups in total. The molecule has 0 fully saturated rings. The van der Waals surface area contributed by atoms with E-state index in [1.165, 1.54) is 18.2 Å². The van der Waals surface area contributed by atoms with Gasteiger partial charge in [-0.25, -0.2) is 12.8 Å². The quantitative estimate of drug-likeness (QED) is 0.789. The number of anilines is 1. The minimum absolute atomic E-state index is 0.0721. The molecule has 8 heteroatoms. The van der Waals surface area contributed by atoms with Gasteiger partial charge in [-0.1, -0.05) is 34.1 Å². The van der Waals surface area contributed by atoms with E-state index in [2.05, 4.69) is 21.2 Å². The molecule has 2 aromatic rings. The van der Waals surface area contributed by atoms with Gasteiger partial charge in [0.25, 0.3) is 0 Å². The van der Waals surface area contributed by atoms with Crippen LogP contribution < -0.4 is 5.32 Å². The Bertz CT molecular complexity index is 825. The molecule has 128 valence electrons. The molecule has 0 saturated carbocycles. The Morgan fingerprint density at radius 3 is 2.46 bits per heavy atom. The van der Waals surface area contributed by atoms with Crippen LogP contribution in [0.3, 0.4) is 0 Å². The van der Waals surface area contributed by atoms with Gasteiger partial charge in [-0.15, -0.1) is 0 Å². The molecule has 2 rings (SSSR count). The molecule has 2 aromatic carbocycles. The molecule has 0 aliphatic heterocycles. The number of amides is 1. The second kappa shape index (κ2) is 7.87. The average molecular weight is 415 g/mol. The van der Waals surface area contributed by atoms with E-state index in [9.17, 15) is 17.6 Å². The Morgan fingerprint density at radius 2 is 1.88 bits per heavy atom. The Hall–Kier alpha value is -1.77. The van der Waals surface area contributed by atoms with E-state index in [1.54, 1.807) is 24.3 Å². The summed E-state index contributed by atoms with van der Waals surface area (Å²) in [4.78, 5) is 12.1. The molecule has 0 saturated heterocycles. The van der Waals surface area contributed by atoms with Crippen molar-refractivity contribution in [1.82, 2.24) is 4.31 Å². The number of hydrogen-bond acceptors (Lipinski definition) is 3. The van der Waals surface area contributed by atoms with Crippen molar-refractivity contribution in [1.29, 1.82) is 0 Å². The van der Waals surface area contributed by atoms with E-state index >= 15 is 0 Å². The number of rotatable bonds is 6. The number of nitrogens with zero attached hydrogens (tertiary/aromatic N) is 1. The van der Waals surface area contributed by atoms with Crippen molar-refractivity contribution < 1.29 is 17.6 Å². The predicted molar refractivity (Wildman–Crippen MR) is 94.4 cm³/mol. The summed E-state index contributed by atoms with van der Waals surface area (Å²) >= 11 is 3.31. The fourth-order valence-electron chi connectivity index (χ4n) is 2.01. The molecule has 24 heavy (non-hydrogen) atoms. The smallest absolute Gasteiger partial charge is 0.239 e. The van der Waals surface area contributed by atoms with E-state index in [-0.39, 0.29) is 18.8 Å². The lowest BCUT2D eigenvalue weighted by atomic mass is 10.2. The molecular weight excluding hydrogens is 399 g/mol. The molecule has 0 aromatic heterocycles. The van der Waals surface area contributed by atoms with Crippen molar-refractivity contribution in [2.24, 2.45) is 0 Å². The van der Waals surface area contributed by atoms with Gasteiger partial charge in [-0.3, -0.25) is 4.79 Å². The first-order valence-corrected chi connectivity index (χ1v) is 9.63. The predicted octanol–water partition coefficient (Wildman–Crippen LogP) is 2.99. The van der Waals surface area contributed by atoms with Crippen LogP contribution in [0.1, 0.15) is 5.56 Å². The molecule has 0 unspecified atom stereocenters. The maximum Gasteiger partial charge on any atom is 0.239 e. The van der Waals surface area contributed by atoms with Crippen molar-refractivity contribution in [3.8, 4) is 0 Å². The monoisotopic (exact) mass is 414 g/mol. The summed E-state index contributed by atoms with van der Waals surface area (Å²) < 4.78 is 38.9. The number of benzene rings is 2. The Labute approximate surface area is 148 Å². The summed E-state index contributed by atoms with van der Waals surface area (Å²) in [6.45, 7) is -0.284. The summed E-state index contributed by atoms with van der Waals surface area (Å²) in [5, 5.41) is 2.49. The lowest BCUT2D eigenvalue weighted by Crippen LogP contribution is -2.36. The molecular formula is C16H16BrFN2O3S. The number of carbonyl (C=O) groups excluding carboxylic acids is 1. The molecule has 0 atom stereocenters. The van der Waals surface area contributed by atoms with Gasteiger partial charge in [0, 0.05) is 16.7 Å². The van der Waals surface area contributed by atoms with Gasteiger partial charge < -0.3 is 5.32 Å². The third-order valence-corrected chi connectivity index (χ3v) is 4.89. The summed E-state index contributed by atoms with van der Waals surface area (Å²) in [7, 11) is -3.58. The van der Waals surface area contributed by atoms with Crippen LogP contribution in [-0.4, -0.2) is 31.4 Å². The van der Waals surface area contributed by atoms with Crippen molar-refractivity contribution in [3.63, 3.8) is 0 Å². The first-order valence-electron chi connectivity index (χ1n) is 6.99. The molecule has 0 radical (unpaired) electrons. The highest BCUT2D eigenvalue weighted by Crippen LogP contribution is 2.14. The minimum Gasteiger partial charge on any atom is -0.325 e. The summed E-state index contributed by atoms with van der Waals surface area (Å²) in [5.41, 5.74) is 1.03. The van der Waals surface area contributed by atoms with E-state index in [0.29, 0.717) is 0 Å². The zero-order chi connectivity index (χ0) is 17.7. The molecule has 0 aliphatic carbocycles. The SMILES string of the molecule is CS(=O)(=O)N(CC(=O)Nc1cccc(F)c1)Cc1ccc(Br)cc1. The molecule has 0 bridgehead atoms. The highest BCUT2D eigenvalue weighted by molar-refractivity contribution is 9.10. The van der Waals surface area contributed by atoms with Gasteiger partial charge in [0.2, 0.25) is 15.9 Å². The standard InChI is InChI=1S/C16H16BrFN2O3S/c1-24(22,23)20(10-12-5-7-13(17)8-6-12)11-16(21)19-15-4-2-3-14(18)9-15/h2-9H,10-11H2,1H3,(H,19,21). The molecule has 5 nitrogen and oxygen atoms in total. The van der Waals surface area contributed by atoms with Crippen molar-refractivity contribution in [2.75, 3.05) is 18.1 Å². The maximum absolute atomic E-state index is 13.1. The molecule has 0 spiro atoms. The minimum atomic E-state index is -3.58. The first kappa shape index (κ1) is 18.6. The van der Waals surface area contributed by atoms with Crippen LogP contribution in [-0.2, 0) is 21.4 Å². The number of hydrogen-bond donors (Lipinski definition) is 1. The van der Waals surface area contributed by atoms with E-state index in [4.69, 9.17) is 0 Å². The number of carbonyl (C=O) groups is 1. The summed E-state index contributed by atoms with van der Waals surface area (Å²) in [6.07, 6.45) is 1.04. The van der Waals surface area contributed by atoms with Crippen molar-refractivity contribution in [2.45, 2.75) is 6.54 Å². The highest BCUT2D eigenvalue weighted by atomic mass is 79.9. The lowest BCUT2D eigenvalue weighted by Gasteiger charge is -2.19. The zero-order valence-corrected chi connectivity index (χ0v) is 15.3. The van der Waals surface area contributed by atoms with E-state index < -0.39 is 21.7 Å². The van der Waals surface area contributed by atoms with Crippen LogP contribution in [0, 0.1) is 5.82 Å². The largest absolute Gasteiger partial charge is 0.325 e. The second-order valence-electron chi connectivity index (χ2n) is 5.22. The van der Waals surface area contributed by atoms with Crippen molar-refractivity contribution >= 4 is 37.5 Å². The summed E-state index contributed by atoms with van der Waals surface area (Å²) in [6, 6.07) is 12.5. The van der Waals surface area contributed by atoms with Gasteiger partial charge >= 0.3 is 0 Å². The average Bonchev–Trinajstić information content (AvgIpc) is 2.48. The van der Waals surface area contributed by atoms with Crippen molar-refractivity contribution in [3.05, 3.63) is 64.4 Å². The Kier molecular flexibility index (Phi) is 6.09. The molecule has 0 aliphatic rings. The van der Waals surface area contributed by atoms with Crippen LogP contribution in [0.15, 0.2) is 53.0 Å². The maximum atomic E-state index is 13.1. The van der Waals surface area contributed by atoms with Gasteiger partial charge in [-0.2, -0.15) is 4.31 Å². The molecule has 1 amide bonds. The topological polar surface area (TPSA) is 66.5 Å².